The molecule has 7 atom stereocenters. The summed E-state index contributed by atoms with van der Waals surface area (Å²) in [6.07, 6.45) is 4.06. The van der Waals surface area contributed by atoms with Crippen LogP contribution < -0.4 is 21.2 Å². The number of carbonyl (C=O) groups excluding carboxylic acids is 2. The zero-order valence-corrected chi connectivity index (χ0v) is 29.6. The fourth-order valence-corrected chi connectivity index (χ4v) is 7.29. The molecule has 3 heterocycles. The molecule has 6 N–H and O–H groups in total. The fraction of sp³-hybridized carbons (Fsp3) is 0.710. The number of anilines is 2. The predicted molar refractivity (Wildman–Crippen MR) is 179 cm³/mol. The van der Waals surface area contributed by atoms with Gasteiger partial charge in [0.25, 0.3) is 0 Å². The van der Waals surface area contributed by atoms with Crippen LogP contribution in [0.3, 0.4) is 0 Å². The Hall–Kier alpha value is -3.39. The van der Waals surface area contributed by atoms with Gasteiger partial charge in [-0.2, -0.15) is 9.97 Å². The van der Waals surface area contributed by atoms with Crippen LogP contribution in [0.15, 0.2) is 6.33 Å². The first-order valence-corrected chi connectivity index (χ1v) is 18.2. The molecule has 272 valence electrons. The smallest absolute Gasteiger partial charge is 0.342 e. The van der Waals surface area contributed by atoms with Crippen molar-refractivity contribution in [2.24, 2.45) is 11.8 Å². The topological polar surface area (TPSA) is 214 Å². The highest BCUT2D eigenvalue weighted by Crippen LogP contribution is 2.46. The zero-order chi connectivity index (χ0) is 36.1. The Bertz CT molecular complexity index is 1530. The Labute approximate surface area is 285 Å². The molecule has 4 rings (SSSR count). The molecule has 2 unspecified atom stereocenters. The number of carbonyl (C=O) groups is 2. The molecule has 2 aromatic heterocycles. The Morgan fingerprint density at radius 2 is 1.71 bits per heavy atom. The van der Waals surface area contributed by atoms with Gasteiger partial charge in [0, 0.05) is 6.04 Å². The number of aromatic nitrogens is 4. The molecule has 2 fully saturated rings. The number of terminal acetylenes is 1. The molecule has 0 spiro atoms. The van der Waals surface area contributed by atoms with E-state index < -0.39 is 62.4 Å². The molecule has 16 nitrogen and oxygen atoms in total. The van der Waals surface area contributed by atoms with Gasteiger partial charge in [-0.25, -0.2) is 19.5 Å². The second-order valence-electron chi connectivity index (χ2n) is 13.0. The summed E-state index contributed by atoms with van der Waals surface area (Å²) in [5, 5.41) is 19.9. The monoisotopic (exact) mass is 710 g/mol. The summed E-state index contributed by atoms with van der Waals surface area (Å²) < 4.78 is 54.6. The summed E-state index contributed by atoms with van der Waals surface area (Å²) in [6, 6.07) is -2.03. The van der Waals surface area contributed by atoms with Gasteiger partial charge in [0.1, 0.15) is 24.3 Å². The first-order valence-electron chi connectivity index (χ1n) is 16.5. The average molecular weight is 711 g/mol. The quantitative estimate of drug-likeness (QED) is 0.0855. The van der Waals surface area contributed by atoms with E-state index in [1.54, 1.807) is 13.8 Å². The van der Waals surface area contributed by atoms with Crippen molar-refractivity contribution in [1.82, 2.24) is 29.7 Å². The summed E-state index contributed by atoms with van der Waals surface area (Å²) in [7, 11) is -4.40. The maximum Gasteiger partial charge on any atom is 0.342 e. The molecule has 0 aromatic carbocycles. The van der Waals surface area contributed by atoms with Gasteiger partial charge in [0.05, 0.1) is 26.1 Å². The number of imidazole rings is 1. The van der Waals surface area contributed by atoms with Crippen LogP contribution in [-0.2, 0) is 32.9 Å². The number of aliphatic hydroxyl groups excluding tert-OH is 1. The summed E-state index contributed by atoms with van der Waals surface area (Å²) >= 11 is 0. The van der Waals surface area contributed by atoms with Crippen LogP contribution in [0.1, 0.15) is 73.5 Å². The van der Waals surface area contributed by atoms with Crippen LogP contribution in [0, 0.1) is 24.2 Å². The second kappa shape index (κ2) is 16.1. The minimum atomic E-state index is -4.40. The molecule has 2 aliphatic rings. The van der Waals surface area contributed by atoms with Crippen molar-refractivity contribution in [2.45, 2.75) is 109 Å². The van der Waals surface area contributed by atoms with E-state index in [1.165, 1.54) is 10.9 Å². The van der Waals surface area contributed by atoms with E-state index in [0.29, 0.717) is 11.3 Å². The number of nitrogen functional groups attached to an aromatic ring is 1. The number of hydrogen-bond donors (Lipinski definition) is 5. The highest BCUT2D eigenvalue weighted by molar-refractivity contribution is 7.54. The molecule has 0 bridgehead atoms. The van der Waals surface area contributed by atoms with Crippen LogP contribution in [0.4, 0.5) is 16.2 Å². The number of nitrogens with two attached hydrogens (primary N) is 1. The lowest BCUT2D eigenvalue weighted by atomic mass is 9.97. The molecule has 18 heteroatoms. The predicted octanol–water partition coefficient (Wildman–Crippen LogP) is 2.84. The molecule has 49 heavy (non-hydrogen) atoms. The third-order valence-electron chi connectivity index (χ3n) is 7.91. The summed E-state index contributed by atoms with van der Waals surface area (Å²) in [5.41, 5.74) is 3.53. The number of halogens is 1. The molecule has 1 aliphatic carbocycles. The number of aliphatic hydroxyl groups is 1. The van der Waals surface area contributed by atoms with Crippen LogP contribution in [0.25, 0.3) is 11.2 Å². The molecular weight excluding hydrogens is 662 g/mol. The van der Waals surface area contributed by atoms with Crippen molar-refractivity contribution >= 4 is 42.5 Å². The van der Waals surface area contributed by atoms with Crippen molar-refractivity contribution in [3.63, 3.8) is 0 Å². The third-order valence-corrected chi connectivity index (χ3v) is 9.72. The van der Waals surface area contributed by atoms with Gasteiger partial charge in [-0.15, -0.1) is 6.42 Å². The lowest BCUT2D eigenvalue weighted by Crippen LogP contribution is -2.46. The van der Waals surface area contributed by atoms with E-state index in [1.807, 2.05) is 33.6 Å². The highest BCUT2D eigenvalue weighted by Gasteiger charge is 2.58. The minimum absolute atomic E-state index is 0.0433. The first-order chi connectivity index (χ1) is 23.1. The van der Waals surface area contributed by atoms with Gasteiger partial charge < -0.3 is 34.9 Å². The zero-order valence-electron chi connectivity index (χ0n) is 28.7. The maximum atomic E-state index is 16.5. The fourth-order valence-electron chi connectivity index (χ4n) is 5.47. The average Bonchev–Trinajstić information content (AvgIpc) is 3.69. The van der Waals surface area contributed by atoms with E-state index in [9.17, 15) is 19.3 Å². The Balaban J connectivity index is 1.65. The normalized spacial score (nSPS) is 24.8. The van der Waals surface area contributed by atoms with Gasteiger partial charge in [-0.05, 0) is 51.4 Å². The van der Waals surface area contributed by atoms with E-state index >= 15 is 4.39 Å². The number of rotatable bonds is 18. The van der Waals surface area contributed by atoms with Crippen LogP contribution in [0.5, 0.6) is 0 Å². The summed E-state index contributed by atoms with van der Waals surface area (Å²) in [4.78, 5) is 38.7. The minimum Gasteiger partial charge on any atom is -0.465 e. The molecule has 0 amide bonds. The second-order valence-corrected chi connectivity index (χ2v) is 14.9. The van der Waals surface area contributed by atoms with Gasteiger partial charge in [-0.3, -0.25) is 18.7 Å². The SMILES string of the molecule is C#C[C@]1(F)C(O)[C@@H](COP(=O)(N[C@@H](CC(C)C)C(=O)OCC)N[C@H](CC(C)C)C(=O)OCC)O[C@H]1n1cnc2c(NC3CC3)nc(N)nc21. The molecule has 1 saturated carbocycles. The number of alkyl halides is 1. The summed E-state index contributed by atoms with van der Waals surface area (Å²) in [6.45, 7) is 10.2. The number of nitrogens with zero attached hydrogens (tertiary/aromatic N) is 4. The van der Waals surface area contributed by atoms with Crippen molar-refractivity contribution in [3.05, 3.63) is 6.33 Å². The molecular formula is C31H48FN8O8P. The standard InChI is InChI=1S/C31H48FN8O8P/c1-8-31(32)24(41)22(48-29(31)40-16-34-23-25(35-19-11-12-19)36-30(33)37-26(23)40)15-47-49(44,38-20(13-17(4)5)27(42)45-9-2)39-21(14-18(6)7)28(43)46-10-3/h1,16-22,24,29,41H,9-15H2,2-7H3,(H2,38,39,44)(H3,33,35,36,37)/t20-,21+,22-,24?,29-,31+,49?/m1/s1. The molecule has 1 saturated heterocycles. The highest BCUT2D eigenvalue weighted by atomic mass is 31.2. The lowest BCUT2D eigenvalue weighted by Gasteiger charge is -2.30. The van der Waals surface area contributed by atoms with Crippen LogP contribution in [-0.4, -0.2) is 92.4 Å². The Morgan fingerprint density at radius 1 is 1.14 bits per heavy atom. The van der Waals surface area contributed by atoms with Gasteiger partial charge in [0.15, 0.2) is 23.2 Å². The van der Waals surface area contributed by atoms with Crippen molar-refractivity contribution < 1.29 is 42.4 Å². The van der Waals surface area contributed by atoms with E-state index in [-0.39, 0.29) is 55.5 Å². The van der Waals surface area contributed by atoms with Crippen LogP contribution in [0.2, 0.25) is 0 Å². The van der Waals surface area contributed by atoms with E-state index in [4.69, 9.17) is 30.9 Å². The largest absolute Gasteiger partial charge is 0.465 e. The third kappa shape index (κ3) is 9.24. The maximum absolute atomic E-state index is 16.5. The molecule has 2 aromatic rings. The Kier molecular flexibility index (Phi) is 12.6. The molecule has 0 radical (unpaired) electrons. The lowest BCUT2D eigenvalue weighted by molar-refractivity contribution is -0.146. The van der Waals surface area contributed by atoms with Crippen molar-refractivity contribution in [1.29, 1.82) is 0 Å². The number of fused-ring (bicyclic) bond motifs is 1. The number of esters is 2. The van der Waals surface area contributed by atoms with Crippen LogP contribution >= 0.6 is 7.67 Å². The van der Waals surface area contributed by atoms with Crippen molar-refractivity contribution in [3.8, 4) is 12.3 Å². The first kappa shape index (κ1) is 38.4. The van der Waals surface area contributed by atoms with Gasteiger partial charge >= 0.3 is 19.6 Å². The van der Waals surface area contributed by atoms with Crippen molar-refractivity contribution in [2.75, 3.05) is 30.9 Å². The summed E-state index contributed by atoms with van der Waals surface area (Å²) in [5.74, 6) is 0.800. The van der Waals surface area contributed by atoms with E-state index in [2.05, 4.69) is 30.4 Å². The Morgan fingerprint density at radius 3 is 2.20 bits per heavy atom. The van der Waals surface area contributed by atoms with Gasteiger partial charge in [0.2, 0.25) is 11.6 Å². The van der Waals surface area contributed by atoms with Gasteiger partial charge in [-0.1, -0.05) is 33.6 Å². The number of ether oxygens (including phenoxy) is 3. The number of nitrogens with one attached hydrogen (secondary N) is 3. The number of hydrogen-bond acceptors (Lipinski definition) is 13. The molecule has 1 aliphatic heterocycles. The van der Waals surface area contributed by atoms with E-state index in [0.717, 1.165) is 12.8 Å².